The average molecular weight is 368 g/mol. The molecule has 0 aliphatic carbocycles. The standard InChI is InChI=1S/C21H28N4O2/c1-27-17-9-7-15(8-10-17)18-13-19(24-23-18)21(26)22-14-16-5-4-12-25-11-3-2-6-20(16)25/h7-10,13,16,20H,2-6,11-12,14H2,1H3,(H,22,26)(H,23,24)/t16-,20+/m1/s1. The van der Waals surface area contributed by atoms with Crippen molar-refractivity contribution in [1.82, 2.24) is 20.4 Å². The summed E-state index contributed by atoms with van der Waals surface area (Å²) in [6, 6.07) is 10.1. The van der Waals surface area contributed by atoms with Crippen LogP contribution in [0, 0.1) is 5.92 Å². The fourth-order valence-corrected chi connectivity index (χ4v) is 4.48. The quantitative estimate of drug-likeness (QED) is 0.851. The molecule has 0 saturated carbocycles. The highest BCUT2D eigenvalue weighted by atomic mass is 16.5. The van der Waals surface area contributed by atoms with Crippen molar-refractivity contribution in [2.45, 2.75) is 38.1 Å². The third kappa shape index (κ3) is 4.00. The van der Waals surface area contributed by atoms with Crippen LogP contribution in [0.4, 0.5) is 0 Å². The van der Waals surface area contributed by atoms with Gasteiger partial charge < -0.3 is 15.0 Å². The van der Waals surface area contributed by atoms with E-state index in [4.69, 9.17) is 4.74 Å². The zero-order chi connectivity index (χ0) is 18.6. The highest BCUT2D eigenvalue weighted by Crippen LogP contribution is 2.30. The summed E-state index contributed by atoms with van der Waals surface area (Å²) in [7, 11) is 1.64. The molecule has 0 unspecified atom stereocenters. The lowest BCUT2D eigenvalue weighted by molar-refractivity contribution is 0.0575. The molecule has 4 rings (SSSR count). The molecule has 27 heavy (non-hydrogen) atoms. The lowest BCUT2D eigenvalue weighted by atomic mass is 9.83. The fraction of sp³-hybridized carbons (Fsp3) is 0.524. The Balaban J connectivity index is 1.36. The number of piperidine rings is 2. The molecule has 3 heterocycles. The number of benzene rings is 1. The molecule has 1 amide bonds. The molecule has 1 aromatic carbocycles. The van der Waals surface area contributed by atoms with E-state index in [0.717, 1.165) is 23.6 Å². The third-order valence-corrected chi connectivity index (χ3v) is 5.96. The molecule has 0 spiro atoms. The van der Waals surface area contributed by atoms with Crippen LogP contribution < -0.4 is 10.1 Å². The van der Waals surface area contributed by atoms with Gasteiger partial charge in [-0.1, -0.05) is 6.42 Å². The number of carbonyl (C=O) groups is 1. The second-order valence-electron chi connectivity index (χ2n) is 7.61. The maximum atomic E-state index is 12.6. The Kier molecular flexibility index (Phi) is 5.43. The number of ether oxygens (including phenoxy) is 1. The van der Waals surface area contributed by atoms with E-state index in [2.05, 4.69) is 20.4 Å². The number of hydrogen-bond donors (Lipinski definition) is 2. The molecule has 144 valence electrons. The van der Waals surface area contributed by atoms with Gasteiger partial charge in [-0.3, -0.25) is 9.89 Å². The molecule has 2 aliphatic rings. The van der Waals surface area contributed by atoms with E-state index in [1.165, 1.54) is 45.2 Å². The van der Waals surface area contributed by atoms with Crippen molar-refractivity contribution >= 4 is 5.91 Å². The van der Waals surface area contributed by atoms with Gasteiger partial charge in [0, 0.05) is 18.2 Å². The summed E-state index contributed by atoms with van der Waals surface area (Å²) in [5, 5.41) is 10.3. The Morgan fingerprint density at radius 3 is 2.85 bits per heavy atom. The van der Waals surface area contributed by atoms with E-state index in [9.17, 15) is 4.79 Å². The summed E-state index contributed by atoms with van der Waals surface area (Å²) >= 11 is 0. The first kappa shape index (κ1) is 18.0. The molecule has 2 fully saturated rings. The van der Waals surface area contributed by atoms with Gasteiger partial charge in [-0.15, -0.1) is 0 Å². The van der Waals surface area contributed by atoms with Gasteiger partial charge in [0.15, 0.2) is 0 Å². The largest absolute Gasteiger partial charge is 0.497 e. The van der Waals surface area contributed by atoms with Crippen LogP contribution in [0.25, 0.3) is 11.3 Å². The van der Waals surface area contributed by atoms with Crippen molar-refractivity contribution in [3.63, 3.8) is 0 Å². The molecule has 2 atom stereocenters. The number of aromatic amines is 1. The zero-order valence-electron chi connectivity index (χ0n) is 15.9. The fourth-order valence-electron chi connectivity index (χ4n) is 4.48. The van der Waals surface area contributed by atoms with Gasteiger partial charge in [-0.05, 0) is 75.0 Å². The molecule has 0 bridgehead atoms. The second-order valence-corrected chi connectivity index (χ2v) is 7.61. The van der Waals surface area contributed by atoms with Crippen LogP contribution in [-0.2, 0) is 0 Å². The molecular weight excluding hydrogens is 340 g/mol. The topological polar surface area (TPSA) is 70.2 Å². The summed E-state index contributed by atoms with van der Waals surface area (Å²) in [6.45, 7) is 3.19. The van der Waals surface area contributed by atoms with Crippen LogP contribution >= 0.6 is 0 Å². The Morgan fingerprint density at radius 2 is 2.04 bits per heavy atom. The number of fused-ring (bicyclic) bond motifs is 1. The van der Waals surface area contributed by atoms with Crippen LogP contribution in [0.15, 0.2) is 30.3 Å². The van der Waals surface area contributed by atoms with Crippen LogP contribution in [0.1, 0.15) is 42.6 Å². The van der Waals surface area contributed by atoms with Crippen LogP contribution in [-0.4, -0.2) is 53.8 Å². The highest BCUT2D eigenvalue weighted by Gasteiger charge is 2.33. The van der Waals surface area contributed by atoms with Crippen LogP contribution in [0.3, 0.4) is 0 Å². The van der Waals surface area contributed by atoms with Crippen molar-refractivity contribution in [3.8, 4) is 17.0 Å². The Morgan fingerprint density at radius 1 is 1.22 bits per heavy atom. The normalized spacial score (nSPS) is 22.9. The van der Waals surface area contributed by atoms with Gasteiger partial charge in [0.1, 0.15) is 11.4 Å². The second kappa shape index (κ2) is 8.13. The van der Waals surface area contributed by atoms with Gasteiger partial charge in [0.2, 0.25) is 0 Å². The number of nitrogens with one attached hydrogen (secondary N) is 2. The smallest absolute Gasteiger partial charge is 0.269 e. The minimum absolute atomic E-state index is 0.0739. The lowest BCUT2D eigenvalue weighted by Gasteiger charge is -2.44. The summed E-state index contributed by atoms with van der Waals surface area (Å²) in [5.74, 6) is 1.29. The molecule has 0 radical (unpaired) electrons. The summed E-state index contributed by atoms with van der Waals surface area (Å²) in [4.78, 5) is 15.2. The molecule has 6 heteroatoms. The number of rotatable bonds is 5. The number of nitrogens with zero attached hydrogens (tertiary/aromatic N) is 2. The molecule has 2 N–H and O–H groups in total. The van der Waals surface area contributed by atoms with Crippen LogP contribution in [0.5, 0.6) is 5.75 Å². The minimum atomic E-state index is -0.0739. The van der Waals surface area contributed by atoms with E-state index >= 15 is 0 Å². The molecule has 2 saturated heterocycles. The number of aromatic nitrogens is 2. The first-order valence-electron chi connectivity index (χ1n) is 9.96. The van der Waals surface area contributed by atoms with E-state index < -0.39 is 0 Å². The monoisotopic (exact) mass is 368 g/mol. The average Bonchev–Trinajstić information content (AvgIpc) is 3.22. The SMILES string of the molecule is COc1ccc(-c2cc(C(=O)NC[C@H]3CCCN4CCCC[C@@H]34)[nH]n2)cc1. The van der Waals surface area contributed by atoms with Crippen molar-refractivity contribution in [1.29, 1.82) is 0 Å². The van der Waals surface area contributed by atoms with E-state index in [1.807, 2.05) is 30.3 Å². The van der Waals surface area contributed by atoms with Gasteiger partial charge in [-0.2, -0.15) is 5.10 Å². The number of methoxy groups -OCH3 is 1. The van der Waals surface area contributed by atoms with Gasteiger partial charge >= 0.3 is 0 Å². The van der Waals surface area contributed by atoms with Crippen molar-refractivity contribution in [2.24, 2.45) is 5.92 Å². The van der Waals surface area contributed by atoms with Crippen molar-refractivity contribution in [2.75, 3.05) is 26.7 Å². The summed E-state index contributed by atoms with van der Waals surface area (Å²) in [5.41, 5.74) is 2.23. The highest BCUT2D eigenvalue weighted by molar-refractivity contribution is 5.93. The van der Waals surface area contributed by atoms with Crippen molar-refractivity contribution < 1.29 is 9.53 Å². The van der Waals surface area contributed by atoms with E-state index in [1.54, 1.807) is 7.11 Å². The number of H-pyrrole nitrogens is 1. The molecule has 6 nitrogen and oxygen atoms in total. The molecule has 2 aromatic rings. The predicted molar refractivity (Wildman–Crippen MR) is 105 cm³/mol. The first-order chi connectivity index (χ1) is 13.2. The molecule has 2 aliphatic heterocycles. The third-order valence-electron chi connectivity index (χ3n) is 5.96. The Bertz CT molecular complexity index is 769. The van der Waals surface area contributed by atoms with Gasteiger partial charge in [-0.25, -0.2) is 0 Å². The zero-order valence-corrected chi connectivity index (χ0v) is 15.9. The first-order valence-corrected chi connectivity index (χ1v) is 9.96. The number of amides is 1. The Hall–Kier alpha value is -2.34. The van der Waals surface area contributed by atoms with E-state index in [0.29, 0.717) is 17.7 Å². The van der Waals surface area contributed by atoms with Gasteiger partial charge in [0.25, 0.3) is 5.91 Å². The maximum absolute atomic E-state index is 12.6. The predicted octanol–water partition coefficient (Wildman–Crippen LogP) is 3.08. The molecular formula is C21H28N4O2. The minimum Gasteiger partial charge on any atom is -0.497 e. The number of hydrogen-bond acceptors (Lipinski definition) is 4. The van der Waals surface area contributed by atoms with Gasteiger partial charge in [0.05, 0.1) is 12.8 Å². The van der Waals surface area contributed by atoms with Crippen LogP contribution in [0.2, 0.25) is 0 Å². The number of carbonyl (C=O) groups excluding carboxylic acids is 1. The summed E-state index contributed by atoms with van der Waals surface area (Å²) < 4.78 is 5.18. The summed E-state index contributed by atoms with van der Waals surface area (Å²) in [6.07, 6.45) is 6.35. The lowest BCUT2D eigenvalue weighted by Crippen LogP contribution is -2.51. The maximum Gasteiger partial charge on any atom is 0.269 e. The van der Waals surface area contributed by atoms with E-state index in [-0.39, 0.29) is 5.91 Å². The van der Waals surface area contributed by atoms with Crippen molar-refractivity contribution in [3.05, 3.63) is 36.0 Å². The Labute approximate surface area is 160 Å². The molecule has 1 aromatic heterocycles.